The molecule has 0 radical (unpaired) electrons. The smallest absolute Gasteiger partial charge is 0.427 e. The molecule has 0 aliphatic heterocycles. The number of nitrogens with one attached hydrogen (secondary N) is 1. The van der Waals surface area contributed by atoms with E-state index >= 15 is 0 Å². The van der Waals surface area contributed by atoms with Crippen LogP contribution in [0.2, 0.25) is 5.02 Å². The Labute approximate surface area is 108 Å². The Kier molecular flexibility index (Phi) is 5.06. The number of hydrogen-bond donors (Lipinski definition) is 1. The van der Waals surface area contributed by atoms with Crippen LogP contribution in [0.15, 0.2) is 23.3 Å². The van der Waals surface area contributed by atoms with Crippen molar-refractivity contribution in [3.05, 3.63) is 38.9 Å². The van der Waals surface area contributed by atoms with Crippen LogP contribution in [0.1, 0.15) is 12.5 Å². The molecule has 0 spiro atoms. The molecule has 1 aromatic rings. The molecular weight excluding hydrogens is 262 g/mol. The third kappa shape index (κ3) is 4.02. The molecule has 0 atom stereocenters. The minimum absolute atomic E-state index is 0.0375. The normalized spacial score (nSPS) is 10.3. The van der Waals surface area contributed by atoms with Gasteiger partial charge in [0, 0.05) is 11.6 Å². The monoisotopic (exact) mass is 271 g/mol. The van der Waals surface area contributed by atoms with Crippen LogP contribution in [0.4, 0.5) is 10.5 Å². The van der Waals surface area contributed by atoms with Gasteiger partial charge in [-0.15, -0.1) is 0 Å². The van der Waals surface area contributed by atoms with Crippen LogP contribution in [0.25, 0.3) is 0 Å². The van der Waals surface area contributed by atoms with Crippen molar-refractivity contribution in [3.8, 4) is 0 Å². The quantitative estimate of drug-likeness (QED) is 0.516. The number of ether oxygens (including phenoxy) is 1. The van der Waals surface area contributed by atoms with E-state index in [0.29, 0.717) is 5.56 Å². The standard InChI is InChI=1S/C10H10ClN3O4/c1-2-18-10(15)13-12-6-7-3-4-8(11)9(5-7)14(16)17/h3-6H,2H2,1H3,(H,13,15)/b12-6+. The van der Waals surface area contributed by atoms with Crippen molar-refractivity contribution in [1.29, 1.82) is 0 Å². The maximum absolute atomic E-state index is 10.9. The number of carbonyl (C=O) groups excluding carboxylic acids is 1. The zero-order valence-electron chi connectivity index (χ0n) is 9.42. The fourth-order valence-corrected chi connectivity index (χ4v) is 1.26. The molecule has 0 saturated heterocycles. The molecule has 0 bridgehead atoms. The van der Waals surface area contributed by atoms with E-state index in [4.69, 9.17) is 11.6 Å². The minimum Gasteiger partial charge on any atom is -0.449 e. The number of nitrogens with zero attached hydrogens (tertiary/aromatic N) is 2. The van der Waals surface area contributed by atoms with Gasteiger partial charge in [0.1, 0.15) is 5.02 Å². The number of nitro benzene ring substituents is 1. The predicted molar refractivity (Wildman–Crippen MR) is 65.9 cm³/mol. The summed E-state index contributed by atoms with van der Waals surface area (Å²) < 4.78 is 4.57. The van der Waals surface area contributed by atoms with Crippen LogP contribution in [0, 0.1) is 10.1 Å². The number of nitro groups is 1. The van der Waals surface area contributed by atoms with E-state index in [1.54, 1.807) is 6.92 Å². The van der Waals surface area contributed by atoms with Crippen molar-refractivity contribution in [2.24, 2.45) is 5.10 Å². The van der Waals surface area contributed by atoms with Crippen LogP contribution in [-0.4, -0.2) is 23.8 Å². The summed E-state index contributed by atoms with van der Waals surface area (Å²) in [6.07, 6.45) is 0.553. The van der Waals surface area contributed by atoms with Crippen molar-refractivity contribution >= 4 is 29.6 Å². The first-order valence-electron chi connectivity index (χ1n) is 4.94. The van der Waals surface area contributed by atoms with Gasteiger partial charge in [0.05, 0.1) is 17.7 Å². The first-order valence-corrected chi connectivity index (χ1v) is 5.32. The van der Waals surface area contributed by atoms with Gasteiger partial charge in [-0.05, 0) is 13.0 Å². The molecule has 0 fully saturated rings. The van der Waals surface area contributed by atoms with Crippen molar-refractivity contribution in [3.63, 3.8) is 0 Å². The lowest BCUT2D eigenvalue weighted by atomic mass is 10.2. The fourth-order valence-electron chi connectivity index (χ4n) is 1.07. The second kappa shape index (κ2) is 6.55. The molecule has 1 aromatic carbocycles. The molecule has 18 heavy (non-hydrogen) atoms. The first-order chi connectivity index (χ1) is 8.54. The molecule has 1 rings (SSSR count). The van der Waals surface area contributed by atoms with Crippen molar-refractivity contribution in [1.82, 2.24) is 5.43 Å². The highest BCUT2D eigenvalue weighted by Gasteiger charge is 2.11. The lowest BCUT2D eigenvalue weighted by Crippen LogP contribution is -2.18. The Morgan fingerprint density at radius 3 is 3.00 bits per heavy atom. The molecule has 7 nitrogen and oxygen atoms in total. The van der Waals surface area contributed by atoms with Gasteiger partial charge in [0.15, 0.2) is 0 Å². The number of amides is 1. The molecule has 8 heteroatoms. The van der Waals surface area contributed by atoms with Gasteiger partial charge in [0.2, 0.25) is 0 Å². The number of benzene rings is 1. The van der Waals surface area contributed by atoms with E-state index in [-0.39, 0.29) is 17.3 Å². The fraction of sp³-hybridized carbons (Fsp3) is 0.200. The average Bonchev–Trinajstić information content (AvgIpc) is 2.31. The summed E-state index contributed by atoms with van der Waals surface area (Å²) in [6.45, 7) is 1.89. The second-order valence-corrected chi connectivity index (χ2v) is 3.47. The van der Waals surface area contributed by atoms with Crippen molar-refractivity contribution in [2.45, 2.75) is 6.92 Å². The highest BCUT2D eigenvalue weighted by molar-refractivity contribution is 6.32. The maximum Gasteiger partial charge on any atom is 0.427 e. The van der Waals surface area contributed by atoms with Gasteiger partial charge in [-0.1, -0.05) is 17.7 Å². The first kappa shape index (κ1) is 13.9. The summed E-state index contributed by atoms with van der Waals surface area (Å²) in [4.78, 5) is 20.9. The molecule has 1 amide bonds. The van der Waals surface area contributed by atoms with Gasteiger partial charge in [0.25, 0.3) is 5.69 Å². The van der Waals surface area contributed by atoms with Gasteiger partial charge >= 0.3 is 6.09 Å². The Hall–Kier alpha value is -2.15. The number of hydrogen-bond acceptors (Lipinski definition) is 5. The summed E-state index contributed by atoms with van der Waals surface area (Å²) >= 11 is 5.64. The van der Waals surface area contributed by atoms with Gasteiger partial charge in [-0.2, -0.15) is 5.10 Å². The molecule has 0 aliphatic carbocycles. The topological polar surface area (TPSA) is 93.8 Å². The number of halogens is 1. The van der Waals surface area contributed by atoms with E-state index in [1.165, 1.54) is 24.4 Å². The Morgan fingerprint density at radius 2 is 2.39 bits per heavy atom. The van der Waals surface area contributed by atoms with Crippen molar-refractivity contribution < 1.29 is 14.5 Å². The Bertz CT molecular complexity index is 490. The van der Waals surface area contributed by atoms with E-state index < -0.39 is 11.0 Å². The number of rotatable bonds is 4. The van der Waals surface area contributed by atoms with Crippen LogP contribution in [0.3, 0.4) is 0 Å². The summed E-state index contributed by atoms with van der Waals surface area (Å²) in [7, 11) is 0. The molecular formula is C10H10ClN3O4. The van der Waals surface area contributed by atoms with Gasteiger partial charge in [-0.3, -0.25) is 10.1 Å². The lowest BCUT2D eigenvalue weighted by molar-refractivity contribution is -0.384. The van der Waals surface area contributed by atoms with Crippen LogP contribution in [-0.2, 0) is 4.74 Å². The number of carbonyl (C=O) groups is 1. The Morgan fingerprint density at radius 1 is 1.67 bits per heavy atom. The molecule has 0 aromatic heterocycles. The van der Waals surface area contributed by atoms with E-state index in [9.17, 15) is 14.9 Å². The van der Waals surface area contributed by atoms with E-state index in [0.717, 1.165) is 0 Å². The minimum atomic E-state index is -0.697. The van der Waals surface area contributed by atoms with Gasteiger partial charge in [-0.25, -0.2) is 10.2 Å². The molecule has 96 valence electrons. The second-order valence-electron chi connectivity index (χ2n) is 3.06. The van der Waals surface area contributed by atoms with Gasteiger partial charge < -0.3 is 4.74 Å². The highest BCUT2D eigenvalue weighted by Crippen LogP contribution is 2.24. The summed E-state index contributed by atoms with van der Waals surface area (Å²) in [5.74, 6) is 0. The van der Waals surface area contributed by atoms with E-state index in [1.807, 2.05) is 0 Å². The number of hydrazone groups is 1. The zero-order valence-corrected chi connectivity index (χ0v) is 10.2. The third-order valence-corrected chi connectivity index (χ3v) is 2.13. The largest absolute Gasteiger partial charge is 0.449 e. The summed E-state index contributed by atoms with van der Waals surface area (Å²) in [5.41, 5.74) is 2.31. The van der Waals surface area contributed by atoms with Crippen LogP contribution in [0.5, 0.6) is 0 Å². The lowest BCUT2D eigenvalue weighted by Gasteiger charge is -1.99. The molecule has 0 unspecified atom stereocenters. The molecule has 0 heterocycles. The zero-order chi connectivity index (χ0) is 13.5. The van der Waals surface area contributed by atoms with Crippen LogP contribution >= 0.6 is 11.6 Å². The maximum atomic E-state index is 10.9. The van der Waals surface area contributed by atoms with Crippen molar-refractivity contribution in [2.75, 3.05) is 6.61 Å². The third-order valence-electron chi connectivity index (χ3n) is 1.81. The summed E-state index contributed by atoms with van der Waals surface area (Å²) in [5, 5.41) is 14.2. The Balaban J connectivity index is 2.73. The molecule has 0 aliphatic rings. The SMILES string of the molecule is CCOC(=O)N/N=C/c1ccc(Cl)c([N+](=O)[O-])c1. The average molecular weight is 272 g/mol. The molecule has 1 N–H and O–H groups in total. The predicted octanol–water partition coefficient (Wildman–Crippen LogP) is 2.33. The highest BCUT2D eigenvalue weighted by atomic mass is 35.5. The van der Waals surface area contributed by atoms with E-state index in [2.05, 4.69) is 15.3 Å². The summed E-state index contributed by atoms with van der Waals surface area (Å²) in [6, 6.07) is 4.16. The molecule has 0 saturated carbocycles. The van der Waals surface area contributed by atoms with Crippen LogP contribution < -0.4 is 5.43 Å².